The number of nitrogens with one attached hydrogen (secondary N) is 1. The van der Waals surface area contributed by atoms with Crippen LogP contribution in [0.15, 0.2) is 48.8 Å². The van der Waals surface area contributed by atoms with Gasteiger partial charge in [0.15, 0.2) is 0 Å². The van der Waals surface area contributed by atoms with Gasteiger partial charge in [-0.1, -0.05) is 39.0 Å². The molecular formula is C21H27N5. The Morgan fingerprint density at radius 2 is 1.88 bits per heavy atom. The first-order valence-corrected chi connectivity index (χ1v) is 9.08. The first-order chi connectivity index (χ1) is 12.5. The molecule has 5 heteroatoms. The van der Waals surface area contributed by atoms with Crippen molar-refractivity contribution in [1.29, 1.82) is 0 Å². The molecule has 3 rings (SSSR count). The lowest BCUT2D eigenvalue weighted by Crippen LogP contribution is -2.20. The number of nitrogens with zero attached hydrogens (tertiary/aromatic N) is 3. The van der Waals surface area contributed by atoms with Crippen molar-refractivity contribution in [3.8, 4) is 0 Å². The maximum atomic E-state index is 5.72. The second-order valence-electron chi connectivity index (χ2n) is 7.79. The zero-order valence-corrected chi connectivity index (χ0v) is 15.7. The van der Waals surface area contributed by atoms with Crippen molar-refractivity contribution in [3.05, 3.63) is 60.2 Å². The summed E-state index contributed by atoms with van der Waals surface area (Å²) >= 11 is 0. The van der Waals surface area contributed by atoms with Crippen LogP contribution >= 0.6 is 0 Å². The van der Waals surface area contributed by atoms with E-state index in [1.807, 2.05) is 30.5 Å². The van der Waals surface area contributed by atoms with Gasteiger partial charge >= 0.3 is 0 Å². The fourth-order valence-electron chi connectivity index (χ4n) is 3.09. The topological polar surface area (TPSA) is 76.7 Å². The summed E-state index contributed by atoms with van der Waals surface area (Å²) < 4.78 is 0. The Balaban J connectivity index is 2.02. The van der Waals surface area contributed by atoms with Gasteiger partial charge in [0.05, 0.1) is 11.6 Å². The Hall–Kier alpha value is -2.53. The number of anilines is 1. The number of nitrogens with two attached hydrogens (primary N) is 1. The van der Waals surface area contributed by atoms with Gasteiger partial charge in [-0.15, -0.1) is 0 Å². The van der Waals surface area contributed by atoms with Crippen molar-refractivity contribution < 1.29 is 0 Å². The first kappa shape index (κ1) is 18.3. The molecule has 0 bridgehead atoms. The third-order valence-electron chi connectivity index (χ3n) is 4.23. The molecule has 0 amide bonds. The lowest BCUT2D eigenvalue weighted by molar-refractivity contribution is 0.352. The monoisotopic (exact) mass is 349 g/mol. The third kappa shape index (κ3) is 4.55. The van der Waals surface area contributed by atoms with Crippen molar-refractivity contribution in [2.45, 2.75) is 39.7 Å². The summed E-state index contributed by atoms with van der Waals surface area (Å²) in [5.41, 5.74) is 7.98. The van der Waals surface area contributed by atoms with Crippen LogP contribution in [0.4, 0.5) is 5.82 Å². The number of rotatable bonds is 6. The summed E-state index contributed by atoms with van der Waals surface area (Å²) in [6.45, 7) is 7.27. The second kappa shape index (κ2) is 7.79. The molecule has 26 heavy (non-hydrogen) atoms. The summed E-state index contributed by atoms with van der Waals surface area (Å²) in [4.78, 5) is 13.7. The molecule has 0 aliphatic rings. The van der Waals surface area contributed by atoms with Crippen molar-refractivity contribution in [1.82, 2.24) is 15.0 Å². The molecule has 0 radical (unpaired) electrons. The minimum Gasteiger partial charge on any atom is -0.363 e. The minimum atomic E-state index is 0.118. The highest BCUT2D eigenvalue weighted by Gasteiger charge is 2.22. The number of benzene rings is 1. The fourth-order valence-corrected chi connectivity index (χ4v) is 3.09. The normalized spacial score (nSPS) is 12.9. The van der Waals surface area contributed by atoms with Gasteiger partial charge < -0.3 is 11.1 Å². The summed E-state index contributed by atoms with van der Waals surface area (Å²) in [7, 11) is 0. The van der Waals surface area contributed by atoms with E-state index in [9.17, 15) is 0 Å². The fraction of sp³-hybridized carbons (Fsp3) is 0.381. The molecule has 0 fully saturated rings. The van der Waals surface area contributed by atoms with Crippen LogP contribution in [-0.4, -0.2) is 21.5 Å². The van der Waals surface area contributed by atoms with Gasteiger partial charge in [0.2, 0.25) is 0 Å². The zero-order chi connectivity index (χ0) is 18.6. The molecule has 5 nitrogen and oxygen atoms in total. The number of pyridine rings is 1. The van der Waals surface area contributed by atoms with E-state index in [1.165, 1.54) is 0 Å². The molecule has 136 valence electrons. The Morgan fingerprint density at radius 3 is 2.58 bits per heavy atom. The average molecular weight is 349 g/mol. The molecule has 3 aromatic rings. The SMILES string of the molecule is CC(C)(C)CC(Nc1nc(CCN)nc2ccccc12)c1cccnc1. The van der Waals surface area contributed by atoms with E-state index in [-0.39, 0.29) is 11.5 Å². The smallest absolute Gasteiger partial charge is 0.138 e. The Bertz CT molecular complexity index is 855. The van der Waals surface area contributed by atoms with Gasteiger partial charge in [-0.2, -0.15) is 0 Å². The van der Waals surface area contributed by atoms with Crippen LogP contribution in [0.5, 0.6) is 0 Å². The molecule has 0 saturated heterocycles. The molecule has 1 aromatic carbocycles. The predicted octanol–water partition coefficient (Wildman–Crippen LogP) is 4.12. The Labute approximate surface area is 155 Å². The number of hydrogen-bond acceptors (Lipinski definition) is 5. The van der Waals surface area contributed by atoms with Gasteiger partial charge in [0.25, 0.3) is 0 Å². The van der Waals surface area contributed by atoms with E-state index in [0.717, 1.165) is 34.5 Å². The lowest BCUT2D eigenvalue weighted by atomic mass is 9.86. The molecule has 2 aromatic heterocycles. The molecular weight excluding hydrogens is 322 g/mol. The van der Waals surface area contributed by atoms with Crippen molar-refractivity contribution >= 4 is 16.7 Å². The number of hydrogen-bond donors (Lipinski definition) is 2. The summed E-state index contributed by atoms with van der Waals surface area (Å²) in [5, 5.41) is 4.69. The molecule has 2 heterocycles. The highest BCUT2D eigenvalue weighted by Crippen LogP contribution is 2.33. The minimum absolute atomic E-state index is 0.118. The van der Waals surface area contributed by atoms with E-state index in [0.29, 0.717) is 13.0 Å². The van der Waals surface area contributed by atoms with E-state index in [2.05, 4.69) is 48.2 Å². The van der Waals surface area contributed by atoms with E-state index in [4.69, 9.17) is 10.7 Å². The van der Waals surface area contributed by atoms with E-state index < -0.39 is 0 Å². The number of aromatic nitrogens is 3. The quantitative estimate of drug-likeness (QED) is 0.700. The third-order valence-corrected chi connectivity index (χ3v) is 4.23. The molecule has 0 saturated carbocycles. The Morgan fingerprint density at radius 1 is 1.08 bits per heavy atom. The van der Waals surface area contributed by atoms with Crippen LogP contribution in [0.1, 0.15) is 44.6 Å². The zero-order valence-electron chi connectivity index (χ0n) is 15.7. The standard InChI is InChI=1S/C21H27N5/c1-21(2,3)13-18(15-7-6-12-23-14-15)25-20-16-8-4-5-9-17(16)24-19(26-20)10-11-22/h4-9,12,14,18H,10-11,13,22H2,1-3H3,(H,24,25,26). The summed E-state index contributed by atoms with van der Waals surface area (Å²) in [5.74, 6) is 1.63. The van der Waals surface area contributed by atoms with Crippen molar-refractivity contribution in [2.75, 3.05) is 11.9 Å². The van der Waals surface area contributed by atoms with Crippen LogP contribution in [0.25, 0.3) is 10.9 Å². The highest BCUT2D eigenvalue weighted by molar-refractivity contribution is 5.89. The van der Waals surface area contributed by atoms with Crippen LogP contribution in [-0.2, 0) is 6.42 Å². The van der Waals surface area contributed by atoms with E-state index in [1.54, 1.807) is 6.20 Å². The molecule has 0 aliphatic carbocycles. The summed E-state index contributed by atoms with van der Waals surface area (Å²) in [6.07, 6.45) is 5.35. The Kier molecular flexibility index (Phi) is 5.47. The molecule has 0 aliphatic heterocycles. The second-order valence-corrected chi connectivity index (χ2v) is 7.79. The van der Waals surface area contributed by atoms with E-state index >= 15 is 0 Å². The lowest BCUT2D eigenvalue weighted by Gasteiger charge is -2.28. The molecule has 1 atom stereocenters. The average Bonchev–Trinajstić information content (AvgIpc) is 2.61. The number of para-hydroxylation sites is 1. The van der Waals surface area contributed by atoms with Crippen LogP contribution in [0.2, 0.25) is 0 Å². The highest BCUT2D eigenvalue weighted by atomic mass is 15.1. The molecule has 0 spiro atoms. The predicted molar refractivity (Wildman–Crippen MR) is 107 cm³/mol. The largest absolute Gasteiger partial charge is 0.363 e. The maximum Gasteiger partial charge on any atom is 0.138 e. The van der Waals surface area contributed by atoms with Gasteiger partial charge in [-0.05, 0) is 42.1 Å². The number of fused-ring (bicyclic) bond motifs is 1. The van der Waals surface area contributed by atoms with Gasteiger partial charge in [0.1, 0.15) is 11.6 Å². The maximum absolute atomic E-state index is 5.72. The van der Waals surface area contributed by atoms with Gasteiger partial charge in [-0.25, -0.2) is 9.97 Å². The first-order valence-electron chi connectivity index (χ1n) is 9.08. The molecule has 3 N–H and O–H groups in total. The van der Waals surface area contributed by atoms with Crippen LogP contribution < -0.4 is 11.1 Å². The summed E-state index contributed by atoms with van der Waals surface area (Å²) in [6, 6.07) is 12.3. The van der Waals surface area contributed by atoms with Crippen LogP contribution in [0, 0.1) is 5.41 Å². The molecule has 1 unspecified atom stereocenters. The van der Waals surface area contributed by atoms with Gasteiger partial charge in [-0.3, -0.25) is 4.98 Å². The van der Waals surface area contributed by atoms with Gasteiger partial charge in [0, 0.05) is 24.2 Å². The van der Waals surface area contributed by atoms with Crippen LogP contribution in [0.3, 0.4) is 0 Å². The van der Waals surface area contributed by atoms with Crippen molar-refractivity contribution in [2.24, 2.45) is 11.1 Å². The van der Waals surface area contributed by atoms with Crippen molar-refractivity contribution in [3.63, 3.8) is 0 Å².